The molecule has 222 valence electrons. The number of aromatic nitrogens is 1. The van der Waals surface area contributed by atoms with Crippen molar-refractivity contribution in [3.8, 4) is 16.3 Å². The second-order valence-electron chi connectivity index (χ2n) is 10.9. The van der Waals surface area contributed by atoms with Crippen LogP contribution in [0.15, 0.2) is 54.0 Å². The molecular formula is C35H49N2O3S+. The van der Waals surface area contributed by atoms with Crippen molar-refractivity contribution < 1.29 is 18.9 Å². The van der Waals surface area contributed by atoms with E-state index in [1.165, 1.54) is 64.2 Å². The molecule has 1 N–H and O–H groups in total. The maximum absolute atomic E-state index is 13.0. The van der Waals surface area contributed by atoms with Gasteiger partial charge in [-0.1, -0.05) is 107 Å². The van der Waals surface area contributed by atoms with Gasteiger partial charge in [0.25, 0.3) is 5.01 Å². The number of hydrogen-bond acceptors (Lipinski definition) is 4. The molecule has 41 heavy (non-hydrogen) atoms. The Kier molecular flexibility index (Phi) is 14.6. The number of aryl methyl sites for hydroxylation is 1. The van der Waals surface area contributed by atoms with E-state index in [0.717, 1.165) is 41.2 Å². The molecule has 0 unspecified atom stereocenters. The Labute approximate surface area is 251 Å². The fourth-order valence-electron chi connectivity index (χ4n) is 5.14. The number of carbonyl (C=O) groups excluding carboxylic acids is 2. The zero-order valence-electron chi connectivity index (χ0n) is 25.4. The Morgan fingerprint density at radius 1 is 0.854 bits per heavy atom. The van der Waals surface area contributed by atoms with E-state index in [1.54, 1.807) is 24.3 Å². The van der Waals surface area contributed by atoms with Crippen LogP contribution in [-0.4, -0.2) is 18.3 Å². The van der Waals surface area contributed by atoms with Crippen LogP contribution in [0.1, 0.15) is 114 Å². The van der Waals surface area contributed by atoms with Crippen LogP contribution in [0.3, 0.4) is 0 Å². The summed E-state index contributed by atoms with van der Waals surface area (Å²) < 4.78 is 8.17. The molecule has 1 aromatic heterocycles. The Balaban J connectivity index is 1.43. The van der Waals surface area contributed by atoms with Gasteiger partial charge in [0.1, 0.15) is 12.3 Å². The molecule has 0 saturated carbocycles. The standard InChI is InChI=1S/C35H48N2O3S/c1-4-6-7-8-9-10-11-12-13-14-15-18-24-40-33-22-21-29(26-31(33)28(3)38)27-34(39)36-32-20-17-16-19-30(32)35-37(5-2)23-25-41-35/h16-17,19-23,25-26H,4-15,18,24,27H2,1-3H3/p+1. The summed E-state index contributed by atoms with van der Waals surface area (Å²) in [6.07, 6.45) is 17.8. The predicted octanol–water partition coefficient (Wildman–Crippen LogP) is 9.19. The van der Waals surface area contributed by atoms with Crippen molar-refractivity contribution in [2.45, 2.75) is 111 Å². The average molecular weight is 578 g/mol. The normalized spacial score (nSPS) is 11.0. The number of Topliss-reactive ketones (excluding diaryl/α,β-unsaturated/α-hetero) is 1. The number of para-hydroxylation sites is 1. The van der Waals surface area contributed by atoms with Crippen LogP contribution in [0.25, 0.3) is 10.6 Å². The van der Waals surface area contributed by atoms with E-state index in [0.29, 0.717) is 17.9 Å². The maximum atomic E-state index is 13.0. The van der Waals surface area contributed by atoms with Crippen molar-refractivity contribution in [2.75, 3.05) is 11.9 Å². The van der Waals surface area contributed by atoms with E-state index < -0.39 is 0 Å². The molecule has 1 heterocycles. The first-order valence-electron chi connectivity index (χ1n) is 15.7. The number of rotatable bonds is 20. The zero-order valence-corrected chi connectivity index (χ0v) is 26.2. The number of hydrogen-bond donors (Lipinski definition) is 1. The molecule has 0 radical (unpaired) electrons. The molecule has 0 spiro atoms. The number of thiazole rings is 1. The molecule has 6 heteroatoms. The minimum atomic E-state index is -0.114. The van der Waals surface area contributed by atoms with E-state index in [-0.39, 0.29) is 18.1 Å². The summed E-state index contributed by atoms with van der Waals surface area (Å²) in [4.78, 5) is 25.4. The number of ether oxygens (including phenoxy) is 1. The molecule has 0 aliphatic carbocycles. The first kappa shape index (κ1) is 32.5. The first-order valence-corrected chi connectivity index (χ1v) is 16.5. The third-order valence-corrected chi connectivity index (χ3v) is 8.43. The number of benzene rings is 2. The summed E-state index contributed by atoms with van der Waals surface area (Å²) in [5, 5.41) is 6.25. The second kappa shape index (κ2) is 18.4. The lowest BCUT2D eigenvalue weighted by atomic mass is 10.0. The molecular weight excluding hydrogens is 528 g/mol. The summed E-state index contributed by atoms with van der Waals surface area (Å²) in [5.41, 5.74) is 3.12. The van der Waals surface area contributed by atoms with E-state index in [1.807, 2.05) is 36.4 Å². The van der Waals surface area contributed by atoms with Crippen molar-refractivity contribution in [3.05, 3.63) is 65.2 Å². The Bertz CT molecular complexity index is 1220. The number of unbranched alkanes of at least 4 members (excludes halogenated alkanes) is 11. The molecule has 1 amide bonds. The van der Waals surface area contributed by atoms with Gasteiger partial charge in [-0.05, 0) is 50.1 Å². The van der Waals surface area contributed by atoms with Crippen molar-refractivity contribution in [2.24, 2.45) is 0 Å². The molecule has 0 aliphatic heterocycles. The van der Waals surface area contributed by atoms with Crippen LogP contribution in [0, 0.1) is 0 Å². The average Bonchev–Trinajstić information content (AvgIpc) is 3.45. The summed E-state index contributed by atoms with van der Waals surface area (Å²) in [7, 11) is 0. The quantitative estimate of drug-likeness (QED) is 0.0827. The van der Waals surface area contributed by atoms with Crippen LogP contribution in [0.2, 0.25) is 0 Å². The maximum Gasteiger partial charge on any atom is 0.271 e. The number of ketones is 1. The topological polar surface area (TPSA) is 59.3 Å². The van der Waals surface area contributed by atoms with Crippen LogP contribution >= 0.6 is 11.3 Å². The number of carbonyl (C=O) groups is 2. The van der Waals surface area contributed by atoms with Gasteiger partial charge in [0.2, 0.25) is 5.91 Å². The van der Waals surface area contributed by atoms with Crippen LogP contribution in [0.5, 0.6) is 5.75 Å². The smallest absolute Gasteiger partial charge is 0.271 e. The van der Waals surface area contributed by atoms with Gasteiger partial charge >= 0.3 is 0 Å². The van der Waals surface area contributed by atoms with E-state index in [2.05, 4.69) is 35.3 Å². The highest BCUT2D eigenvalue weighted by molar-refractivity contribution is 7.12. The van der Waals surface area contributed by atoms with Crippen LogP contribution < -0.4 is 14.6 Å². The van der Waals surface area contributed by atoms with Gasteiger partial charge in [0.05, 0.1) is 35.2 Å². The van der Waals surface area contributed by atoms with Crippen molar-refractivity contribution >= 4 is 28.7 Å². The van der Waals surface area contributed by atoms with Gasteiger partial charge in [0.15, 0.2) is 12.0 Å². The summed E-state index contributed by atoms with van der Waals surface area (Å²) in [6, 6.07) is 13.4. The van der Waals surface area contributed by atoms with Gasteiger partial charge in [-0.25, -0.2) is 0 Å². The monoisotopic (exact) mass is 577 g/mol. The summed E-state index contributed by atoms with van der Waals surface area (Å²) in [6.45, 7) is 7.39. The first-order chi connectivity index (χ1) is 20.0. The van der Waals surface area contributed by atoms with E-state index >= 15 is 0 Å². The van der Waals surface area contributed by atoms with E-state index in [9.17, 15) is 9.59 Å². The van der Waals surface area contributed by atoms with E-state index in [4.69, 9.17) is 4.74 Å². The largest absolute Gasteiger partial charge is 0.493 e. The molecule has 2 aromatic carbocycles. The number of amides is 1. The Morgan fingerprint density at radius 3 is 2.17 bits per heavy atom. The predicted molar refractivity (Wildman–Crippen MR) is 171 cm³/mol. The zero-order chi connectivity index (χ0) is 29.3. The molecule has 5 nitrogen and oxygen atoms in total. The van der Waals surface area contributed by atoms with Gasteiger partial charge in [0, 0.05) is 0 Å². The third-order valence-electron chi connectivity index (χ3n) is 7.50. The number of nitrogens with one attached hydrogen (secondary N) is 1. The van der Waals surface area contributed by atoms with Gasteiger partial charge in [-0.2, -0.15) is 4.57 Å². The fraction of sp³-hybridized carbons (Fsp3) is 0.514. The Morgan fingerprint density at radius 2 is 1.51 bits per heavy atom. The minimum absolute atomic E-state index is 0.0517. The lowest BCUT2D eigenvalue weighted by Gasteiger charge is -2.12. The molecule has 0 aliphatic rings. The molecule has 0 bridgehead atoms. The Hall–Kier alpha value is -2.99. The molecule has 3 aromatic rings. The molecule has 0 saturated heterocycles. The lowest BCUT2D eigenvalue weighted by Crippen LogP contribution is -2.31. The number of nitrogens with zero attached hydrogens (tertiary/aromatic N) is 1. The summed E-state index contributed by atoms with van der Waals surface area (Å²) >= 11 is 1.66. The van der Waals surface area contributed by atoms with Gasteiger partial charge in [-0.3, -0.25) is 9.59 Å². The van der Waals surface area contributed by atoms with Crippen molar-refractivity contribution in [3.63, 3.8) is 0 Å². The SMILES string of the molecule is CCCCCCCCCCCCCCOc1ccc(CC(=O)Nc2ccccc2-c2scc[n+]2CC)cc1C(C)=O. The summed E-state index contributed by atoms with van der Waals surface area (Å²) in [5.74, 6) is 0.442. The van der Waals surface area contributed by atoms with Crippen molar-refractivity contribution in [1.29, 1.82) is 0 Å². The van der Waals surface area contributed by atoms with Crippen LogP contribution in [0.4, 0.5) is 5.69 Å². The number of anilines is 1. The highest BCUT2D eigenvalue weighted by Gasteiger charge is 2.19. The lowest BCUT2D eigenvalue weighted by molar-refractivity contribution is -0.678. The third kappa shape index (κ3) is 11.1. The van der Waals surface area contributed by atoms with Gasteiger partial charge < -0.3 is 10.1 Å². The molecule has 0 fully saturated rings. The van der Waals surface area contributed by atoms with Gasteiger partial charge in [-0.15, -0.1) is 0 Å². The van der Waals surface area contributed by atoms with Crippen molar-refractivity contribution in [1.82, 2.24) is 0 Å². The highest BCUT2D eigenvalue weighted by atomic mass is 32.1. The minimum Gasteiger partial charge on any atom is -0.493 e. The fourth-order valence-corrected chi connectivity index (χ4v) is 6.11. The molecule has 0 atom stereocenters. The molecule has 3 rings (SSSR count). The highest BCUT2D eigenvalue weighted by Crippen LogP contribution is 2.29. The van der Waals surface area contributed by atoms with Crippen LogP contribution in [-0.2, 0) is 17.8 Å². The second-order valence-corrected chi connectivity index (χ2v) is 11.8.